The SMILES string of the molecule is Cc1ccnc2ccc(I)cc12. The fourth-order valence-electron chi connectivity index (χ4n) is 1.26. The molecule has 0 aliphatic carbocycles. The van der Waals surface area contributed by atoms with Crippen molar-refractivity contribution in [2.45, 2.75) is 6.92 Å². The lowest BCUT2D eigenvalue weighted by atomic mass is 10.1. The van der Waals surface area contributed by atoms with E-state index in [0.29, 0.717) is 0 Å². The number of pyridine rings is 1. The van der Waals surface area contributed by atoms with Crippen molar-refractivity contribution in [3.8, 4) is 0 Å². The van der Waals surface area contributed by atoms with Crippen molar-refractivity contribution in [3.63, 3.8) is 0 Å². The molecule has 1 aromatic carbocycles. The Hall–Kier alpha value is -0.640. The van der Waals surface area contributed by atoms with Crippen LogP contribution in [0.1, 0.15) is 5.56 Å². The molecule has 2 aromatic rings. The summed E-state index contributed by atoms with van der Waals surface area (Å²) in [6.45, 7) is 2.11. The third kappa shape index (κ3) is 1.31. The number of benzene rings is 1. The van der Waals surface area contributed by atoms with Crippen LogP contribution in [0, 0.1) is 10.5 Å². The van der Waals surface area contributed by atoms with Gasteiger partial charge in [-0.2, -0.15) is 0 Å². The Morgan fingerprint density at radius 2 is 2.08 bits per heavy atom. The van der Waals surface area contributed by atoms with Gasteiger partial charge in [-0.05, 0) is 59.3 Å². The molecular formula is C10H8IN. The van der Waals surface area contributed by atoms with Gasteiger partial charge in [-0.15, -0.1) is 0 Å². The number of nitrogens with zero attached hydrogens (tertiary/aromatic N) is 1. The quantitative estimate of drug-likeness (QED) is 0.669. The molecule has 0 radical (unpaired) electrons. The zero-order valence-corrected chi connectivity index (χ0v) is 8.87. The highest BCUT2D eigenvalue weighted by Gasteiger charge is 1.97. The van der Waals surface area contributed by atoms with Crippen LogP contribution in [0.5, 0.6) is 0 Å². The molecule has 12 heavy (non-hydrogen) atoms. The highest BCUT2D eigenvalue weighted by atomic mass is 127. The maximum atomic E-state index is 4.28. The predicted octanol–water partition coefficient (Wildman–Crippen LogP) is 3.15. The normalized spacial score (nSPS) is 10.5. The van der Waals surface area contributed by atoms with Crippen molar-refractivity contribution in [1.82, 2.24) is 4.98 Å². The molecule has 2 rings (SSSR count). The molecule has 0 aliphatic heterocycles. The van der Waals surface area contributed by atoms with Crippen molar-refractivity contribution in [2.75, 3.05) is 0 Å². The second-order valence-corrected chi connectivity index (χ2v) is 4.03. The molecule has 60 valence electrons. The van der Waals surface area contributed by atoms with Gasteiger partial charge >= 0.3 is 0 Å². The number of fused-ring (bicyclic) bond motifs is 1. The molecule has 2 heteroatoms. The molecule has 0 aliphatic rings. The molecule has 0 fully saturated rings. The predicted molar refractivity (Wildman–Crippen MR) is 59.2 cm³/mol. The van der Waals surface area contributed by atoms with Gasteiger partial charge in [0.25, 0.3) is 0 Å². The Balaban J connectivity index is 2.88. The molecule has 1 aromatic heterocycles. The third-order valence-electron chi connectivity index (χ3n) is 1.92. The molecular weight excluding hydrogens is 261 g/mol. The minimum absolute atomic E-state index is 1.08. The van der Waals surface area contributed by atoms with Gasteiger partial charge < -0.3 is 0 Å². The first-order valence-electron chi connectivity index (χ1n) is 3.78. The van der Waals surface area contributed by atoms with Crippen LogP contribution in [0.15, 0.2) is 30.5 Å². The van der Waals surface area contributed by atoms with Gasteiger partial charge in [-0.3, -0.25) is 4.98 Å². The van der Waals surface area contributed by atoms with Crippen LogP contribution in [-0.4, -0.2) is 4.98 Å². The Bertz CT molecular complexity index is 423. The van der Waals surface area contributed by atoms with Gasteiger partial charge in [0.2, 0.25) is 0 Å². The summed E-state index contributed by atoms with van der Waals surface area (Å²) in [4.78, 5) is 4.28. The van der Waals surface area contributed by atoms with Crippen molar-refractivity contribution >= 4 is 33.5 Å². The fraction of sp³-hybridized carbons (Fsp3) is 0.100. The average molecular weight is 269 g/mol. The molecule has 0 amide bonds. The van der Waals surface area contributed by atoms with E-state index in [1.807, 2.05) is 12.3 Å². The van der Waals surface area contributed by atoms with E-state index in [2.05, 4.69) is 52.7 Å². The van der Waals surface area contributed by atoms with Gasteiger partial charge in [-0.25, -0.2) is 0 Å². The van der Waals surface area contributed by atoms with Crippen molar-refractivity contribution < 1.29 is 0 Å². The van der Waals surface area contributed by atoms with Crippen LogP contribution in [0.4, 0.5) is 0 Å². The summed E-state index contributed by atoms with van der Waals surface area (Å²) < 4.78 is 1.26. The van der Waals surface area contributed by atoms with E-state index >= 15 is 0 Å². The zero-order chi connectivity index (χ0) is 8.55. The van der Waals surface area contributed by atoms with Crippen LogP contribution in [0.2, 0.25) is 0 Å². The van der Waals surface area contributed by atoms with Crippen molar-refractivity contribution in [1.29, 1.82) is 0 Å². The molecule has 0 bridgehead atoms. The highest BCUT2D eigenvalue weighted by Crippen LogP contribution is 2.18. The summed E-state index contributed by atoms with van der Waals surface area (Å²) in [7, 11) is 0. The maximum absolute atomic E-state index is 4.28. The number of aromatic nitrogens is 1. The van der Waals surface area contributed by atoms with Crippen LogP contribution in [0.25, 0.3) is 10.9 Å². The van der Waals surface area contributed by atoms with Crippen LogP contribution in [0.3, 0.4) is 0 Å². The third-order valence-corrected chi connectivity index (χ3v) is 2.59. The van der Waals surface area contributed by atoms with Crippen LogP contribution >= 0.6 is 22.6 Å². The van der Waals surface area contributed by atoms with Gasteiger partial charge in [-0.1, -0.05) is 0 Å². The molecule has 0 spiro atoms. The Labute approximate surface area is 85.0 Å². The molecule has 0 saturated carbocycles. The van der Waals surface area contributed by atoms with Gasteiger partial charge in [0.15, 0.2) is 0 Å². The van der Waals surface area contributed by atoms with Crippen molar-refractivity contribution in [2.24, 2.45) is 0 Å². The molecule has 1 nitrogen and oxygen atoms in total. The summed E-state index contributed by atoms with van der Waals surface area (Å²) >= 11 is 2.32. The number of halogens is 1. The Morgan fingerprint density at radius 3 is 2.92 bits per heavy atom. The second kappa shape index (κ2) is 3.01. The molecule has 0 N–H and O–H groups in total. The van der Waals surface area contributed by atoms with E-state index in [9.17, 15) is 0 Å². The van der Waals surface area contributed by atoms with E-state index in [4.69, 9.17) is 0 Å². The number of rotatable bonds is 0. The van der Waals surface area contributed by atoms with Gasteiger partial charge in [0.1, 0.15) is 0 Å². The lowest BCUT2D eigenvalue weighted by Crippen LogP contribution is -1.82. The van der Waals surface area contributed by atoms with Crippen LogP contribution in [-0.2, 0) is 0 Å². The number of hydrogen-bond donors (Lipinski definition) is 0. The number of hydrogen-bond acceptors (Lipinski definition) is 1. The lowest BCUT2D eigenvalue weighted by molar-refractivity contribution is 1.37. The smallest absolute Gasteiger partial charge is 0.0705 e. The first-order chi connectivity index (χ1) is 5.77. The Kier molecular flexibility index (Phi) is 2.00. The lowest BCUT2D eigenvalue weighted by Gasteiger charge is -2.00. The molecule has 0 unspecified atom stereocenters. The zero-order valence-electron chi connectivity index (χ0n) is 6.71. The minimum Gasteiger partial charge on any atom is -0.256 e. The standard InChI is InChI=1S/C10H8IN/c1-7-4-5-12-10-3-2-8(11)6-9(7)10/h2-6H,1H3. The van der Waals surface area contributed by atoms with E-state index in [0.717, 1.165) is 5.52 Å². The minimum atomic E-state index is 1.08. The Morgan fingerprint density at radius 1 is 1.25 bits per heavy atom. The first-order valence-corrected chi connectivity index (χ1v) is 4.86. The summed E-state index contributed by atoms with van der Waals surface area (Å²) in [6, 6.07) is 8.34. The van der Waals surface area contributed by atoms with E-state index in [1.165, 1.54) is 14.5 Å². The fourth-order valence-corrected chi connectivity index (χ4v) is 1.75. The summed E-state index contributed by atoms with van der Waals surface area (Å²) in [5, 5.41) is 1.25. The second-order valence-electron chi connectivity index (χ2n) is 2.79. The largest absolute Gasteiger partial charge is 0.256 e. The van der Waals surface area contributed by atoms with Crippen molar-refractivity contribution in [3.05, 3.63) is 39.6 Å². The van der Waals surface area contributed by atoms with Crippen LogP contribution < -0.4 is 0 Å². The topological polar surface area (TPSA) is 12.9 Å². The summed E-state index contributed by atoms with van der Waals surface area (Å²) in [5.74, 6) is 0. The monoisotopic (exact) mass is 269 g/mol. The summed E-state index contributed by atoms with van der Waals surface area (Å²) in [5.41, 5.74) is 2.37. The molecule has 0 atom stereocenters. The molecule has 1 heterocycles. The molecule has 0 saturated heterocycles. The van der Waals surface area contributed by atoms with Gasteiger partial charge in [0, 0.05) is 15.2 Å². The average Bonchev–Trinajstić information content (AvgIpc) is 2.07. The summed E-state index contributed by atoms with van der Waals surface area (Å²) in [6.07, 6.45) is 1.85. The van der Waals surface area contributed by atoms with Gasteiger partial charge in [0.05, 0.1) is 5.52 Å². The van der Waals surface area contributed by atoms with E-state index < -0.39 is 0 Å². The highest BCUT2D eigenvalue weighted by molar-refractivity contribution is 14.1. The first kappa shape index (κ1) is 7.98. The maximum Gasteiger partial charge on any atom is 0.0705 e. The van der Waals surface area contributed by atoms with E-state index in [-0.39, 0.29) is 0 Å². The van der Waals surface area contributed by atoms with E-state index in [1.54, 1.807) is 0 Å². The number of aryl methyl sites for hydroxylation is 1.